The Morgan fingerprint density at radius 1 is 1.35 bits per heavy atom. The van der Waals surface area contributed by atoms with Gasteiger partial charge in [-0.3, -0.25) is 9.59 Å². The second-order valence-electron chi connectivity index (χ2n) is 5.17. The van der Waals surface area contributed by atoms with Crippen molar-refractivity contribution in [2.45, 2.75) is 46.1 Å². The van der Waals surface area contributed by atoms with Crippen molar-refractivity contribution in [2.75, 3.05) is 6.61 Å². The van der Waals surface area contributed by atoms with Gasteiger partial charge in [0, 0.05) is 6.42 Å². The van der Waals surface area contributed by atoms with Gasteiger partial charge in [-0.15, -0.1) is 0 Å². The molecule has 0 aromatic rings. The van der Waals surface area contributed by atoms with Crippen molar-refractivity contribution in [3.8, 4) is 0 Å². The van der Waals surface area contributed by atoms with Crippen LogP contribution in [0.25, 0.3) is 0 Å². The number of nitrogens with one attached hydrogen (secondary N) is 1. The molecule has 4 nitrogen and oxygen atoms in total. The van der Waals surface area contributed by atoms with Crippen molar-refractivity contribution >= 4 is 11.9 Å². The molecule has 1 amide bonds. The number of hydrogen-bond acceptors (Lipinski definition) is 3. The van der Waals surface area contributed by atoms with Gasteiger partial charge >= 0.3 is 5.97 Å². The summed E-state index contributed by atoms with van der Waals surface area (Å²) in [5.74, 6) is -0.221. The number of cyclic esters (lactones) is 1. The Labute approximate surface area is 102 Å². The predicted molar refractivity (Wildman–Crippen MR) is 65.3 cm³/mol. The van der Waals surface area contributed by atoms with E-state index in [9.17, 15) is 9.59 Å². The highest BCUT2D eigenvalue weighted by atomic mass is 16.5. The quantitative estimate of drug-likeness (QED) is 0.518. The van der Waals surface area contributed by atoms with Crippen molar-refractivity contribution in [1.82, 2.24) is 5.32 Å². The monoisotopic (exact) mass is 239 g/mol. The molecule has 1 rings (SSSR count). The number of esters is 1. The number of carbonyl (C=O) groups excluding carboxylic acids is 2. The first-order valence-electron chi connectivity index (χ1n) is 6.03. The fourth-order valence-corrected chi connectivity index (χ4v) is 1.58. The van der Waals surface area contributed by atoms with Crippen LogP contribution in [0.3, 0.4) is 0 Å². The van der Waals surface area contributed by atoms with E-state index >= 15 is 0 Å². The maximum Gasteiger partial charge on any atom is 0.311 e. The normalized spacial score (nSPS) is 26.4. The van der Waals surface area contributed by atoms with Gasteiger partial charge in [-0.1, -0.05) is 12.2 Å². The molecule has 0 aromatic heterocycles. The van der Waals surface area contributed by atoms with Gasteiger partial charge in [0.15, 0.2) is 0 Å². The number of ether oxygens (including phenoxy) is 1. The Balaban J connectivity index is 2.70. The molecule has 1 atom stereocenters. The lowest BCUT2D eigenvalue weighted by Gasteiger charge is -2.23. The molecule has 1 aliphatic rings. The van der Waals surface area contributed by atoms with E-state index in [2.05, 4.69) is 5.32 Å². The molecule has 0 spiro atoms. The summed E-state index contributed by atoms with van der Waals surface area (Å²) in [7, 11) is 0. The second kappa shape index (κ2) is 5.84. The maximum atomic E-state index is 11.8. The van der Waals surface area contributed by atoms with Crippen LogP contribution in [0.2, 0.25) is 0 Å². The van der Waals surface area contributed by atoms with Crippen LogP contribution in [0.4, 0.5) is 0 Å². The van der Waals surface area contributed by atoms with Crippen molar-refractivity contribution in [2.24, 2.45) is 5.41 Å². The summed E-state index contributed by atoms with van der Waals surface area (Å²) >= 11 is 0. The van der Waals surface area contributed by atoms with E-state index in [-0.39, 0.29) is 24.5 Å². The van der Waals surface area contributed by atoms with Gasteiger partial charge in [0.1, 0.15) is 6.61 Å². The lowest BCUT2D eigenvalue weighted by atomic mass is 9.89. The molecule has 4 heteroatoms. The molecule has 0 bridgehead atoms. The molecule has 0 saturated carbocycles. The van der Waals surface area contributed by atoms with Gasteiger partial charge in [0.2, 0.25) is 5.91 Å². The van der Waals surface area contributed by atoms with Gasteiger partial charge in [0.25, 0.3) is 0 Å². The minimum atomic E-state index is -0.501. The molecule has 0 aromatic carbocycles. The van der Waals surface area contributed by atoms with Crippen LogP contribution >= 0.6 is 0 Å². The molecule has 96 valence electrons. The highest BCUT2D eigenvalue weighted by Gasteiger charge is 2.28. The lowest BCUT2D eigenvalue weighted by Crippen LogP contribution is -2.38. The number of hydrogen-bond donors (Lipinski definition) is 1. The molecule has 0 saturated heterocycles. The van der Waals surface area contributed by atoms with Crippen molar-refractivity contribution in [1.29, 1.82) is 0 Å². The maximum absolute atomic E-state index is 11.8. The van der Waals surface area contributed by atoms with E-state index in [1.165, 1.54) is 0 Å². The third-order valence-corrected chi connectivity index (χ3v) is 2.76. The van der Waals surface area contributed by atoms with Crippen LogP contribution in [0.15, 0.2) is 12.2 Å². The zero-order valence-electron chi connectivity index (χ0n) is 10.8. The molecule has 0 aliphatic carbocycles. The van der Waals surface area contributed by atoms with Gasteiger partial charge in [0.05, 0.1) is 11.5 Å². The summed E-state index contributed by atoms with van der Waals surface area (Å²) in [6.07, 6.45) is 5.72. The SMILES string of the molecule is CC1COC(=O)C(C)(C)CC=CCCC(=O)N1. The average Bonchev–Trinajstić information content (AvgIpc) is 2.23. The van der Waals surface area contributed by atoms with E-state index in [1.807, 2.05) is 32.9 Å². The highest BCUT2D eigenvalue weighted by molar-refractivity contribution is 5.77. The van der Waals surface area contributed by atoms with Crippen molar-refractivity contribution in [3.63, 3.8) is 0 Å². The number of rotatable bonds is 0. The van der Waals surface area contributed by atoms with E-state index in [1.54, 1.807) is 0 Å². The third-order valence-electron chi connectivity index (χ3n) is 2.76. The first-order chi connectivity index (χ1) is 7.92. The molecule has 0 fully saturated rings. The summed E-state index contributed by atoms with van der Waals surface area (Å²) < 4.78 is 5.20. The molecule has 1 heterocycles. The molecule has 1 aliphatic heterocycles. The third kappa shape index (κ3) is 4.59. The predicted octanol–water partition coefficient (Wildman–Crippen LogP) is 1.80. The van der Waals surface area contributed by atoms with Crippen LogP contribution in [-0.2, 0) is 14.3 Å². The highest BCUT2D eigenvalue weighted by Crippen LogP contribution is 2.23. The Hall–Kier alpha value is -1.32. The summed E-state index contributed by atoms with van der Waals surface area (Å²) in [5.41, 5.74) is -0.501. The molecule has 0 radical (unpaired) electrons. The molecular formula is C13H21NO3. The summed E-state index contributed by atoms with van der Waals surface area (Å²) in [6, 6.07) is -0.134. The fourth-order valence-electron chi connectivity index (χ4n) is 1.58. The smallest absolute Gasteiger partial charge is 0.311 e. The van der Waals surface area contributed by atoms with E-state index in [4.69, 9.17) is 4.74 Å². The summed E-state index contributed by atoms with van der Waals surface area (Å²) in [6.45, 7) is 5.81. The van der Waals surface area contributed by atoms with Gasteiger partial charge in [-0.05, 0) is 33.6 Å². The minimum Gasteiger partial charge on any atom is -0.463 e. The summed E-state index contributed by atoms with van der Waals surface area (Å²) in [4.78, 5) is 23.2. The van der Waals surface area contributed by atoms with Crippen molar-refractivity contribution < 1.29 is 14.3 Å². The number of allylic oxidation sites excluding steroid dienone is 2. The first-order valence-corrected chi connectivity index (χ1v) is 6.03. The average molecular weight is 239 g/mol. The van der Waals surface area contributed by atoms with Crippen LogP contribution in [0, 0.1) is 5.41 Å². The molecular weight excluding hydrogens is 218 g/mol. The minimum absolute atomic E-state index is 0.00182. The topological polar surface area (TPSA) is 55.4 Å². The Bertz CT molecular complexity index is 321. The fraction of sp³-hybridized carbons (Fsp3) is 0.692. The molecule has 1 N–H and O–H groups in total. The lowest BCUT2D eigenvalue weighted by molar-refractivity contribution is -0.154. The standard InChI is InChI=1S/C13H21NO3/c1-10-9-17-12(16)13(2,3)8-6-4-5-7-11(15)14-10/h4,6,10H,5,7-9H2,1-3H3,(H,14,15). The van der Waals surface area contributed by atoms with Crippen LogP contribution in [0.5, 0.6) is 0 Å². The second-order valence-corrected chi connectivity index (χ2v) is 5.17. The largest absolute Gasteiger partial charge is 0.463 e. The molecule has 17 heavy (non-hydrogen) atoms. The van der Waals surface area contributed by atoms with Crippen LogP contribution < -0.4 is 5.32 Å². The van der Waals surface area contributed by atoms with Crippen LogP contribution in [-0.4, -0.2) is 24.5 Å². The van der Waals surface area contributed by atoms with Crippen molar-refractivity contribution in [3.05, 3.63) is 12.2 Å². The Morgan fingerprint density at radius 3 is 2.76 bits per heavy atom. The molecule has 1 unspecified atom stereocenters. The Kier molecular flexibility index (Phi) is 4.73. The van der Waals surface area contributed by atoms with Crippen LogP contribution in [0.1, 0.15) is 40.0 Å². The number of amides is 1. The zero-order valence-corrected chi connectivity index (χ0v) is 10.8. The van der Waals surface area contributed by atoms with Gasteiger partial charge in [-0.2, -0.15) is 0 Å². The van der Waals surface area contributed by atoms with E-state index in [0.29, 0.717) is 19.3 Å². The Morgan fingerprint density at radius 2 is 2.06 bits per heavy atom. The van der Waals surface area contributed by atoms with Gasteiger partial charge < -0.3 is 10.1 Å². The van der Waals surface area contributed by atoms with E-state index < -0.39 is 5.41 Å². The first kappa shape index (κ1) is 13.7. The number of carbonyl (C=O) groups is 2. The van der Waals surface area contributed by atoms with E-state index in [0.717, 1.165) is 0 Å². The van der Waals surface area contributed by atoms with Gasteiger partial charge in [-0.25, -0.2) is 0 Å². The zero-order chi connectivity index (χ0) is 12.9. The summed E-state index contributed by atoms with van der Waals surface area (Å²) in [5, 5.41) is 2.80.